The second kappa shape index (κ2) is 5.08. The lowest BCUT2D eigenvalue weighted by molar-refractivity contribution is -0.130. The van der Waals surface area contributed by atoms with Gasteiger partial charge in [-0.25, -0.2) is 0 Å². The average Bonchev–Trinajstić information content (AvgIpc) is 3.21. The van der Waals surface area contributed by atoms with Crippen molar-refractivity contribution in [2.24, 2.45) is 5.92 Å². The molecular weight excluding hydrogens is 258 g/mol. The van der Waals surface area contributed by atoms with Gasteiger partial charge in [-0.1, -0.05) is 12.1 Å². The molecule has 19 heavy (non-hydrogen) atoms. The van der Waals surface area contributed by atoms with Crippen LogP contribution in [-0.4, -0.2) is 29.7 Å². The third-order valence-corrected chi connectivity index (χ3v) is 5.19. The summed E-state index contributed by atoms with van der Waals surface area (Å²) in [5.41, 5.74) is 1.20. The van der Waals surface area contributed by atoms with Crippen molar-refractivity contribution in [2.75, 3.05) is 13.7 Å². The van der Waals surface area contributed by atoms with Crippen LogP contribution in [0.2, 0.25) is 0 Å². The van der Waals surface area contributed by atoms with Gasteiger partial charge in [0.1, 0.15) is 11.1 Å². The number of benzene rings is 1. The first-order valence-electron chi connectivity index (χ1n) is 6.79. The highest BCUT2D eigenvalue weighted by atomic mass is 32.2. The summed E-state index contributed by atoms with van der Waals surface area (Å²) in [5.74, 6) is 1.88. The minimum absolute atomic E-state index is 0.0749. The molecule has 102 valence electrons. The Bertz CT molecular complexity index is 470. The number of rotatable bonds is 4. The van der Waals surface area contributed by atoms with Crippen LogP contribution in [0.15, 0.2) is 24.3 Å². The van der Waals surface area contributed by atoms with E-state index < -0.39 is 0 Å². The number of carbonyl (C=O) groups is 1. The van der Waals surface area contributed by atoms with Crippen molar-refractivity contribution in [1.29, 1.82) is 0 Å². The zero-order chi connectivity index (χ0) is 13.4. The predicted octanol–water partition coefficient (Wildman–Crippen LogP) is 3.07. The minimum atomic E-state index is 0.0749. The number of hydrogen-bond acceptors (Lipinski definition) is 3. The summed E-state index contributed by atoms with van der Waals surface area (Å²) in [7, 11) is 1.67. The van der Waals surface area contributed by atoms with E-state index >= 15 is 0 Å². The summed E-state index contributed by atoms with van der Waals surface area (Å²) >= 11 is 1.75. The van der Waals surface area contributed by atoms with Crippen molar-refractivity contribution in [1.82, 2.24) is 4.90 Å². The smallest absolute Gasteiger partial charge is 0.236 e. The van der Waals surface area contributed by atoms with E-state index in [1.165, 1.54) is 18.4 Å². The largest absolute Gasteiger partial charge is 0.497 e. The van der Waals surface area contributed by atoms with Crippen LogP contribution in [-0.2, 0) is 4.79 Å². The number of methoxy groups -OCH3 is 1. The average molecular weight is 277 g/mol. The molecule has 1 aliphatic carbocycles. The molecule has 1 aromatic carbocycles. The third kappa shape index (κ3) is 2.59. The van der Waals surface area contributed by atoms with Crippen LogP contribution >= 0.6 is 11.8 Å². The van der Waals surface area contributed by atoms with Crippen LogP contribution in [0.1, 0.15) is 30.7 Å². The van der Waals surface area contributed by atoms with Gasteiger partial charge in [0.2, 0.25) is 5.91 Å². The molecule has 3 nitrogen and oxygen atoms in total. The molecule has 2 aliphatic rings. The predicted molar refractivity (Wildman–Crippen MR) is 77.2 cm³/mol. The summed E-state index contributed by atoms with van der Waals surface area (Å²) in [6.45, 7) is 2.93. The van der Waals surface area contributed by atoms with Crippen LogP contribution < -0.4 is 4.74 Å². The fourth-order valence-electron chi connectivity index (χ4n) is 2.47. The maximum atomic E-state index is 12.3. The number of hydrogen-bond donors (Lipinski definition) is 0. The molecule has 0 unspecified atom stereocenters. The van der Waals surface area contributed by atoms with E-state index in [-0.39, 0.29) is 16.5 Å². The van der Waals surface area contributed by atoms with Gasteiger partial charge in [0, 0.05) is 6.54 Å². The minimum Gasteiger partial charge on any atom is -0.497 e. The Morgan fingerprint density at radius 1 is 1.32 bits per heavy atom. The molecule has 1 heterocycles. The molecular formula is C15H19NO2S. The molecule has 0 N–H and O–H groups in total. The Kier molecular flexibility index (Phi) is 3.44. The molecule has 0 radical (unpaired) electrons. The molecule has 0 spiro atoms. The topological polar surface area (TPSA) is 29.5 Å². The monoisotopic (exact) mass is 277 g/mol. The molecule has 0 bridgehead atoms. The van der Waals surface area contributed by atoms with Crippen molar-refractivity contribution in [3.8, 4) is 5.75 Å². The lowest BCUT2D eigenvalue weighted by atomic mass is 10.2. The molecule has 1 saturated carbocycles. The molecule has 2 fully saturated rings. The Morgan fingerprint density at radius 3 is 2.58 bits per heavy atom. The van der Waals surface area contributed by atoms with Gasteiger partial charge in [-0.2, -0.15) is 0 Å². The molecule has 1 amide bonds. The summed E-state index contributed by atoms with van der Waals surface area (Å²) < 4.78 is 5.19. The van der Waals surface area contributed by atoms with Gasteiger partial charge in [-0.3, -0.25) is 4.79 Å². The van der Waals surface area contributed by atoms with E-state index in [2.05, 4.69) is 17.0 Å². The first kappa shape index (κ1) is 12.9. The van der Waals surface area contributed by atoms with Crippen molar-refractivity contribution in [2.45, 2.75) is 30.4 Å². The number of thioether (sulfide) groups is 1. The van der Waals surface area contributed by atoms with Gasteiger partial charge in [0.05, 0.1) is 12.4 Å². The fourth-order valence-corrected chi connectivity index (χ4v) is 3.76. The van der Waals surface area contributed by atoms with E-state index in [0.717, 1.165) is 18.2 Å². The SMILES string of the molecule is COc1ccc([C@H]2S[C@H](C)C(=O)N2CC2CC2)cc1. The maximum absolute atomic E-state index is 12.3. The molecule has 1 aromatic rings. The second-order valence-electron chi connectivity index (χ2n) is 5.34. The summed E-state index contributed by atoms with van der Waals surface area (Å²) in [6, 6.07) is 8.08. The Hall–Kier alpha value is -1.16. The first-order chi connectivity index (χ1) is 9.19. The van der Waals surface area contributed by atoms with Gasteiger partial charge in [0.15, 0.2) is 0 Å². The zero-order valence-electron chi connectivity index (χ0n) is 11.3. The molecule has 2 atom stereocenters. The number of carbonyl (C=O) groups excluding carboxylic acids is 1. The van der Waals surface area contributed by atoms with Gasteiger partial charge < -0.3 is 9.64 Å². The number of ether oxygens (including phenoxy) is 1. The van der Waals surface area contributed by atoms with E-state index in [1.54, 1.807) is 18.9 Å². The van der Waals surface area contributed by atoms with Crippen LogP contribution in [0, 0.1) is 5.92 Å². The summed E-state index contributed by atoms with van der Waals surface area (Å²) in [5, 5.41) is 0.250. The first-order valence-corrected chi connectivity index (χ1v) is 7.73. The molecule has 1 saturated heterocycles. The fraction of sp³-hybridized carbons (Fsp3) is 0.533. The molecule has 0 aromatic heterocycles. The Balaban J connectivity index is 1.81. The van der Waals surface area contributed by atoms with Crippen LogP contribution in [0.5, 0.6) is 5.75 Å². The van der Waals surface area contributed by atoms with Crippen molar-refractivity contribution in [3.05, 3.63) is 29.8 Å². The van der Waals surface area contributed by atoms with E-state index in [4.69, 9.17) is 4.74 Å². The summed E-state index contributed by atoms with van der Waals surface area (Å²) in [6.07, 6.45) is 2.55. The van der Waals surface area contributed by atoms with E-state index in [1.807, 2.05) is 19.1 Å². The third-order valence-electron chi connectivity index (χ3n) is 3.80. The van der Waals surface area contributed by atoms with Crippen LogP contribution in [0.25, 0.3) is 0 Å². The molecule has 4 heteroatoms. The van der Waals surface area contributed by atoms with Crippen molar-refractivity contribution in [3.63, 3.8) is 0 Å². The highest BCUT2D eigenvalue weighted by molar-refractivity contribution is 8.01. The quantitative estimate of drug-likeness (QED) is 0.847. The summed E-state index contributed by atoms with van der Waals surface area (Å²) in [4.78, 5) is 14.3. The van der Waals surface area contributed by atoms with E-state index in [0.29, 0.717) is 0 Å². The lowest BCUT2D eigenvalue weighted by Gasteiger charge is -2.24. The zero-order valence-corrected chi connectivity index (χ0v) is 12.2. The van der Waals surface area contributed by atoms with Crippen LogP contribution in [0.4, 0.5) is 0 Å². The second-order valence-corrected chi connectivity index (χ2v) is 6.76. The van der Waals surface area contributed by atoms with Gasteiger partial charge in [-0.05, 0) is 43.4 Å². The number of nitrogens with zero attached hydrogens (tertiary/aromatic N) is 1. The van der Waals surface area contributed by atoms with Crippen LogP contribution in [0.3, 0.4) is 0 Å². The Labute approximate surface area is 118 Å². The Morgan fingerprint density at radius 2 is 2.00 bits per heavy atom. The van der Waals surface area contributed by atoms with Crippen molar-refractivity contribution < 1.29 is 9.53 Å². The molecule has 1 aliphatic heterocycles. The van der Waals surface area contributed by atoms with Gasteiger partial charge in [-0.15, -0.1) is 11.8 Å². The highest BCUT2D eigenvalue weighted by Crippen LogP contribution is 2.45. The van der Waals surface area contributed by atoms with Crippen molar-refractivity contribution >= 4 is 17.7 Å². The highest BCUT2D eigenvalue weighted by Gasteiger charge is 2.40. The van der Waals surface area contributed by atoms with E-state index in [9.17, 15) is 4.79 Å². The van der Waals surface area contributed by atoms with Gasteiger partial charge in [0.25, 0.3) is 0 Å². The molecule has 3 rings (SSSR count). The standard InChI is InChI=1S/C15H19NO2S/c1-10-14(17)16(9-11-3-4-11)15(19-10)12-5-7-13(18-2)8-6-12/h5-8,10-11,15H,3-4,9H2,1-2H3/t10-,15-/m1/s1. The normalized spacial score (nSPS) is 26.8. The lowest BCUT2D eigenvalue weighted by Crippen LogP contribution is -2.32. The maximum Gasteiger partial charge on any atom is 0.236 e. The van der Waals surface area contributed by atoms with Gasteiger partial charge >= 0.3 is 0 Å². The number of amides is 1.